The van der Waals surface area contributed by atoms with Gasteiger partial charge in [0.15, 0.2) is 5.36 Å². The predicted octanol–water partition coefficient (Wildman–Crippen LogP) is 7.05. The molecule has 6 rings (SSSR count). The average Bonchev–Trinajstić information content (AvgIpc) is 3.45. The van der Waals surface area contributed by atoms with Crippen LogP contribution in [0.2, 0.25) is 0 Å². The number of anilines is 2. The van der Waals surface area contributed by atoms with Crippen molar-refractivity contribution in [2.45, 2.75) is 0 Å². The molecule has 0 aromatic heterocycles. The van der Waals surface area contributed by atoms with E-state index in [0.717, 1.165) is 0 Å². The minimum atomic E-state index is 1.19. The van der Waals surface area contributed by atoms with E-state index >= 15 is 0 Å². The zero-order valence-corrected chi connectivity index (χ0v) is 24.2. The molecule has 0 bridgehead atoms. The first kappa shape index (κ1) is 25.6. The third kappa shape index (κ3) is 4.48. The normalized spacial score (nSPS) is 12.1. The largest absolute Gasteiger partial charge is 0.378 e. The summed E-state index contributed by atoms with van der Waals surface area (Å²) in [5, 5.41) is 1.19. The van der Waals surface area contributed by atoms with Gasteiger partial charge in [-0.15, -0.1) is 0 Å². The molecule has 0 aliphatic heterocycles. The van der Waals surface area contributed by atoms with Crippen LogP contribution in [-0.2, 0) is 0 Å². The van der Waals surface area contributed by atoms with Gasteiger partial charge in [0.2, 0.25) is 0 Å². The number of allylic oxidation sites excluding steroid dienone is 2. The first-order valence-electron chi connectivity index (χ1n) is 13.8. The van der Waals surface area contributed by atoms with E-state index in [1.807, 2.05) is 0 Å². The Morgan fingerprint density at radius 1 is 0.500 bits per heavy atom. The molecule has 40 heavy (non-hydrogen) atoms. The molecule has 3 heteroatoms. The first-order chi connectivity index (χ1) is 19.3. The molecule has 5 aliphatic carbocycles. The zero-order valence-electron chi connectivity index (χ0n) is 24.2. The van der Waals surface area contributed by atoms with E-state index in [1.165, 1.54) is 72.4 Å². The van der Waals surface area contributed by atoms with E-state index in [-0.39, 0.29) is 0 Å². The quantitative estimate of drug-likeness (QED) is 0.234. The van der Waals surface area contributed by atoms with Gasteiger partial charge in [-0.3, -0.25) is 0 Å². The number of fused-ring (bicyclic) bond motifs is 3. The molecule has 198 valence electrons. The minimum Gasteiger partial charge on any atom is -0.378 e. The van der Waals surface area contributed by atoms with E-state index in [2.05, 4.69) is 166 Å². The molecular weight excluding hydrogens is 486 g/mol. The molecule has 0 atom stereocenters. The lowest BCUT2D eigenvalue weighted by Crippen LogP contribution is -2.19. The number of hydrogen-bond donors (Lipinski definition) is 0. The molecule has 1 aromatic rings. The van der Waals surface area contributed by atoms with Crippen molar-refractivity contribution >= 4 is 28.6 Å². The van der Waals surface area contributed by atoms with Crippen LogP contribution in [-0.4, -0.2) is 42.3 Å². The smallest absolute Gasteiger partial charge is 0.199 e. The highest BCUT2D eigenvalue weighted by molar-refractivity contribution is 6.12. The molecule has 0 fully saturated rings. The summed E-state index contributed by atoms with van der Waals surface area (Å²) in [5.41, 5.74) is 14.9. The molecule has 0 saturated carbocycles. The van der Waals surface area contributed by atoms with Gasteiger partial charge < -0.3 is 9.80 Å². The molecular formula is C37H36N3+. The molecule has 0 radical (unpaired) electrons. The number of hydrogen-bond acceptors (Lipinski definition) is 2. The van der Waals surface area contributed by atoms with Gasteiger partial charge in [0.25, 0.3) is 0 Å². The van der Waals surface area contributed by atoms with Crippen molar-refractivity contribution in [3.05, 3.63) is 131 Å². The van der Waals surface area contributed by atoms with Crippen molar-refractivity contribution in [2.24, 2.45) is 0 Å². The number of nitrogens with zero attached hydrogens (tertiary/aromatic N) is 3. The second kappa shape index (κ2) is 10.2. The summed E-state index contributed by atoms with van der Waals surface area (Å²) in [6, 6.07) is 36.0. The predicted molar refractivity (Wildman–Crippen MR) is 173 cm³/mol. The Kier molecular flexibility index (Phi) is 6.51. The van der Waals surface area contributed by atoms with Crippen molar-refractivity contribution < 1.29 is 0 Å². The van der Waals surface area contributed by atoms with Gasteiger partial charge in [-0.1, -0.05) is 60.7 Å². The standard InChI is InChI=1S/C37H36N3/c1-38(2)28-13-7-25-10-19-34(31(25)22-16-28)37(35-20-11-26-8-14-29(39(3)4)17-23-32(26)35)36-21-12-27-9-15-30(40(5)6)18-24-33(27)36/h7-24H,1-6H3/q+1. The van der Waals surface area contributed by atoms with Crippen LogP contribution in [0, 0.1) is 0 Å². The fraction of sp³-hybridized carbons (Fsp3) is 0.162. The van der Waals surface area contributed by atoms with E-state index in [4.69, 9.17) is 0 Å². The maximum atomic E-state index is 2.30. The van der Waals surface area contributed by atoms with Crippen LogP contribution in [0.1, 0.15) is 22.3 Å². The van der Waals surface area contributed by atoms with Gasteiger partial charge in [0.05, 0.1) is 0 Å². The second-order valence-corrected chi connectivity index (χ2v) is 11.2. The third-order valence-electron chi connectivity index (χ3n) is 8.01. The van der Waals surface area contributed by atoms with Gasteiger partial charge in [0, 0.05) is 51.7 Å². The minimum absolute atomic E-state index is 1.19. The van der Waals surface area contributed by atoms with Gasteiger partial charge >= 0.3 is 0 Å². The summed E-state index contributed by atoms with van der Waals surface area (Å²) in [5.74, 6) is 0. The molecule has 5 aliphatic rings. The molecule has 0 spiro atoms. The van der Waals surface area contributed by atoms with Gasteiger partial charge in [-0.25, -0.2) is 4.58 Å². The van der Waals surface area contributed by atoms with Crippen molar-refractivity contribution in [1.82, 2.24) is 4.58 Å². The SMILES string of the molecule is CN(C)c1ccc2ccc(C(=C3C=Cc4ccc(=[N+](C)C)ccc43)c3ccc4ccc(N(C)C)ccc3-4)c-2cc1. The van der Waals surface area contributed by atoms with Crippen molar-refractivity contribution in [3.63, 3.8) is 0 Å². The van der Waals surface area contributed by atoms with E-state index in [1.54, 1.807) is 0 Å². The van der Waals surface area contributed by atoms with Crippen molar-refractivity contribution in [2.75, 3.05) is 52.1 Å². The molecule has 0 amide bonds. The summed E-state index contributed by atoms with van der Waals surface area (Å²) in [6.45, 7) is 0. The fourth-order valence-electron chi connectivity index (χ4n) is 5.70. The fourth-order valence-corrected chi connectivity index (χ4v) is 5.70. The lowest BCUT2D eigenvalue weighted by Gasteiger charge is -2.14. The Balaban J connectivity index is 1.67. The van der Waals surface area contributed by atoms with E-state index in [9.17, 15) is 0 Å². The first-order valence-corrected chi connectivity index (χ1v) is 13.8. The molecule has 0 saturated heterocycles. The van der Waals surface area contributed by atoms with E-state index < -0.39 is 0 Å². The van der Waals surface area contributed by atoms with Crippen molar-refractivity contribution in [3.8, 4) is 22.3 Å². The molecule has 0 heterocycles. The number of rotatable bonds is 4. The lowest BCUT2D eigenvalue weighted by atomic mass is 9.88. The van der Waals surface area contributed by atoms with Gasteiger partial charge in [-0.2, -0.15) is 0 Å². The summed E-state index contributed by atoms with van der Waals surface area (Å²) in [7, 11) is 12.6. The monoisotopic (exact) mass is 522 g/mol. The summed E-state index contributed by atoms with van der Waals surface area (Å²) < 4.78 is 2.16. The third-order valence-corrected chi connectivity index (χ3v) is 8.01. The maximum Gasteiger partial charge on any atom is 0.199 e. The Bertz CT molecular complexity index is 1730. The highest BCUT2D eigenvalue weighted by Gasteiger charge is 2.24. The Hall–Kier alpha value is -4.63. The van der Waals surface area contributed by atoms with E-state index in [0.29, 0.717) is 0 Å². The molecule has 0 N–H and O–H groups in total. The molecule has 1 aromatic carbocycles. The summed E-state index contributed by atoms with van der Waals surface area (Å²) in [6.07, 6.45) is 4.56. The van der Waals surface area contributed by atoms with Crippen LogP contribution >= 0.6 is 0 Å². The van der Waals surface area contributed by atoms with Crippen LogP contribution in [0.5, 0.6) is 0 Å². The van der Waals surface area contributed by atoms with Crippen LogP contribution in [0.25, 0.3) is 39.5 Å². The molecule has 0 unspecified atom stereocenters. The van der Waals surface area contributed by atoms with Gasteiger partial charge in [-0.05, 0) is 92.1 Å². The van der Waals surface area contributed by atoms with Crippen LogP contribution < -0.4 is 19.7 Å². The Labute approximate surface area is 238 Å². The van der Waals surface area contributed by atoms with Gasteiger partial charge in [0.1, 0.15) is 14.1 Å². The highest BCUT2D eigenvalue weighted by atomic mass is 15.1. The van der Waals surface area contributed by atoms with Crippen LogP contribution in [0.15, 0.2) is 103 Å². The molecule has 3 nitrogen and oxygen atoms in total. The lowest BCUT2D eigenvalue weighted by molar-refractivity contribution is 0.814. The zero-order chi connectivity index (χ0) is 28.0. The summed E-state index contributed by atoms with van der Waals surface area (Å²) >= 11 is 0. The summed E-state index contributed by atoms with van der Waals surface area (Å²) in [4.78, 5) is 4.31. The highest BCUT2D eigenvalue weighted by Crippen LogP contribution is 2.46. The average molecular weight is 523 g/mol. The second-order valence-electron chi connectivity index (χ2n) is 11.2. The topological polar surface area (TPSA) is 9.49 Å². The van der Waals surface area contributed by atoms with Crippen LogP contribution in [0.3, 0.4) is 0 Å². The van der Waals surface area contributed by atoms with Crippen molar-refractivity contribution in [1.29, 1.82) is 0 Å². The maximum absolute atomic E-state index is 2.30. The Morgan fingerprint density at radius 3 is 1.50 bits per heavy atom. The van der Waals surface area contributed by atoms with Crippen LogP contribution in [0.4, 0.5) is 11.4 Å². The Morgan fingerprint density at radius 2 is 0.975 bits per heavy atom.